The molecule has 0 amide bonds. The normalized spacial score (nSPS) is 24.9. The van der Waals surface area contributed by atoms with Gasteiger partial charge in [-0.3, -0.25) is 4.90 Å². The van der Waals surface area contributed by atoms with Gasteiger partial charge in [0.15, 0.2) is 11.5 Å². The SMILES string of the molecule is OC1(C2CC2)CN(Cc2ccc3c(c2)OCO3)C1. The van der Waals surface area contributed by atoms with Crippen LogP contribution in [0.25, 0.3) is 0 Å². The Hall–Kier alpha value is -1.26. The van der Waals surface area contributed by atoms with Gasteiger partial charge >= 0.3 is 0 Å². The molecule has 96 valence electrons. The summed E-state index contributed by atoms with van der Waals surface area (Å²) in [4.78, 5) is 2.29. The van der Waals surface area contributed by atoms with Gasteiger partial charge in [0, 0.05) is 19.6 Å². The van der Waals surface area contributed by atoms with Gasteiger partial charge in [0.25, 0.3) is 0 Å². The summed E-state index contributed by atoms with van der Waals surface area (Å²) in [6, 6.07) is 6.07. The number of hydrogen-bond acceptors (Lipinski definition) is 4. The first-order valence-electron chi connectivity index (χ1n) is 6.56. The molecule has 1 aliphatic carbocycles. The Bertz CT molecular complexity index is 478. The summed E-state index contributed by atoms with van der Waals surface area (Å²) in [5.74, 6) is 2.23. The summed E-state index contributed by atoms with van der Waals surface area (Å²) in [6.45, 7) is 2.83. The number of rotatable bonds is 3. The summed E-state index contributed by atoms with van der Waals surface area (Å²) >= 11 is 0. The summed E-state index contributed by atoms with van der Waals surface area (Å²) in [5, 5.41) is 10.3. The maximum atomic E-state index is 10.3. The predicted molar refractivity (Wildman–Crippen MR) is 65.5 cm³/mol. The Morgan fingerprint density at radius 2 is 2.00 bits per heavy atom. The second-order valence-electron chi connectivity index (χ2n) is 5.71. The Labute approximate surface area is 106 Å². The van der Waals surface area contributed by atoms with Gasteiger partial charge in [-0.05, 0) is 36.5 Å². The standard InChI is InChI=1S/C14H17NO3/c16-14(11-2-3-11)7-15(8-14)6-10-1-4-12-13(5-10)18-9-17-12/h1,4-5,11,16H,2-3,6-9H2. The first-order chi connectivity index (χ1) is 8.73. The highest BCUT2D eigenvalue weighted by molar-refractivity contribution is 5.44. The average molecular weight is 247 g/mol. The summed E-state index contributed by atoms with van der Waals surface area (Å²) in [5.41, 5.74) is 0.827. The molecule has 2 heterocycles. The van der Waals surface area contributed by atoms with E-state index < -0.39 is 5.60 Å². The second-order valence-corrected chi connectivity index (χ2v) is 5.71. The number of aliphatic hydroxyl groups is 1. The van der Waals surface area contributed by atoms with Gasteiger partial charge in [0.1, 0.15) is 0 Å². The van der Waals surface area contributed by atoms with Crippen LogP contribution in [0.2, 0.25) is 0 Å². The topological polar surface area (TPSA) is 41.9 Å². The molecule has 3 aliphatic rings. The smallest absolute Gasteiger partial charge is 0.231 e. The summed E-state index contributed by atoms with van der Waals surface area (Å²) in [6.07, 6.45) is 2.41. The van der Waals surface area contributed by atoms with E-state index in [4.69, 9.17) is 9.47 Å². The van der Waals surface area contributed by atoms with E-state index in [2.05, 4.69) is 11.0 Å². The van der Waals surface area contributed by atoms with Gasteiger partial charge in [-0.25, -0.2) is 0 Å². The molecule has 0 aromatic heterocycles. The fraction of sp³-hybridized carbons (Fsp3) is 0.571. The van der Waals surface area contributed by atoms with Crippen molar-refractivity contribution < 1.29 is 14.6 Å². The third-order valence-electron chi connectivity index (χ3n) is 4.18. The first-order valence-corrected chi connectivity index (χ1v) is 6.56. The maximum Gasteiger partial charge on any atom is 0.231 e. The van der Waals surface area contributed by atoms with E-state index in [1.54, 1.807) is 0 Å². The highest BCUT2D eigenvalue weighted by Crippen LogP contribution is 2.45. The van der Waals surface area contributed by atoms with Gasteiger partial charge in [0.05, 0.1) is 5.60 Å². The number of hydrogen-bond donors (Lipinski definition) is 1. The molecular formula is C14H17NO3. The molecule has 1 saturated carbocycles. The second kappa shape index (κ2) is 3.62. The lowest BCUT2D eigenvalue weighted by atomic mass is 9.88. The minimum absolute atomic E-state index is 0.323. The van der Waals surface area contributed by atoms with Gasteiger partial charge in [0.2, 0.25) is 6.79 Å². The molecule has 1 aromatic rings. The molecular weight excluding hydrogens is 230 g/mol. The molecule has 4 rings (SSSR count). The number of likely N-dealkylation sites (tertiary alicyclic amines) is 1. The molecule has 0 bridgehead atoms. The van der Waals surface area contributed by atoms with Crippen molar-refractivity contribution in [2.75, 3.05) is 19.9 Å². The van der Waals surface area contributed by atoms with Gasteiger partial charge in [-0.2, -0.15) is 0 Å². The number of fused-ring (bicyclic) bond motifs is 1. The Kier molecular flexibility index (Phi) is 2.14. The molecule has 4 heteroatoms. The van der Waals surface area contributed by atoms with Crippen molar-refractivity contribution in [3.8, 4) is 11.5 Å². The fourth-order valence-electron chi connectivity index (χ4n) is 3.02. The van der Waals surface area contributed by atoms with E-state index >= 15 is 0 Å². The van der Waals surface area contributed by atoms with Gasteiger partial charge < -0.3 is 14.6 Å². The van der Waals surface area contributed by atoms with Crippen molar-refractivity contribution in [3.63, 3.8) is 0 Å². The van der Waals surface area contributed by atoms with Gasteiger partial charge in [-0.15, -0.1) is 0 Å². The van der Waals surface area contributed by atoms with Crippen LogP contribution >= 0.6 is 0 Å². The lowest BCUT2D eigenvalue weighted by molar-refractivity contribution is -0.116. The van der Waals surface area contributed by atoms with E-state index in [1.807, 2.05) is 12.1 Å². The Morgan fingerprint density at radius 3 is 2.78 bits per heavy atom. The maximum absolute atomic E-state index is 10.3. The average Bonchev–Trinajstić information content (AvgIpc) is 3.07. The summed E-state index contributed by atoms with van der Waals surface area (Å²) in [7, 11) is 0. The van der Waals surface area contributed by atoms with Crippen LogP contribution in [0.3, 0.4) is 0 Å². The lowest BCUT2D eigenvalue weighted by Gasteiger charge is -2.47. The van der Waals surface area contributed by atoms with Crippen molar-refractivity contribution in [1.29, 1.82) is 0 Å². The zero-order chi connectivity index (χ0) is 12.2. The van der Waals surface area contributed by atoms with Crippen LogP contribution in [-0.2, 0) is 6.54 Å². The van der Waals surface area contributed by atoms with E-state index in [9.17, 15) is 5.11 Å². The quantitative estimate of drug-likeness (QED) is 0.876. The third-order valence-corrected chi connectivity index (χ3v) is 4.18. The number of nitrogens with zero attached hydrogens (tertiary/aromatic N) is 1. The summed E-state index contributed by atoms with van der Waals surface area (Å²) < 4.78 is 10.7. The zero-order valence-corrected chi connectivity index (χ0v) is 10.3. The molecule has 0 radical (unpaired) electrons. The molecule has 0 spiro atoms. The van der Waals surface area contributed by atoms with Crippen LogP contribution < -0.4 is 9.47 Å². The van der Waals surface area contributed by atoms with E-state index in [-0.39, 0.29) is 0 Å². The third kappa shape index (κ3) is 1.68. The van der Waals surface area contributed by atoms with Crippen molar-refractivity contribution in [1.82, 2.24) is 4.90 Å². The van der Waals surface area contributed by atoms with Crippen molar-refractivity contribution >= 4 is 0 Å². The molecule has 4 nitrogen and oxygen atoms in total. The van der Waals surface area contributed by atoms with Gasteiger partial charge in [-0.1, -0.05) is 6.07 Å². The molecule has 0 unspecified atom stereocenters. The molecule has 2 fully saturated rings. The predicted octanol–water partition coefficient (Wildman–Crippen LogP) is 1.37. The van der Waals surface area contributed by atoms with Crippen LogP contribution in [0.4, 0.5) is 0 Å². The van der Waals surface area contributed by atoms with Crippen LogP contribution in [0, 0.1) is 5.92 Å². The van der Waals surface area contributed by atoms with Crippen LogP contribution in [0.15, 0.2) is 18.2 Å². The zero-order valence-electron chi connectivity index (χ0n) is 10.3. The van der Waals surface area contributed by atoms with Crippen molar-refractivity contribution in [2.45, 2.75) is 25.0 Å². The van der Waals surface area contributed by atoms with E-state index in [1.165, 1.54) is 18.4 Å². The molecule has 2 aliphatic heterocycles. The van der Waals surface area contributed by atoms with Crippen molar-refractivity contribution in [2.24, 2.45) is 5.92 Å². The fourth-order valence-corrected chi connectivity index (χ4v) is 3.02. The molecule has 1 N–H and O–H groups in total. The monoisotopic (exact) mass is 247 g/mol. The van der Waals surface area contributed by atoms with Crippen LogP contribution in [0.5, 0.6) is 11.5 Å². The van der Waals surface area contributed by atoms with E-state index in [0.29, 0.717) is 12.7 Å². The molecule has 0 atom stereocenters. The molecule has 1 aromatic carbocycles. The molecule has 1 saturated heterocycles. The lowest BCUT2D eigenvalue weighted by Crippen LogP contribution is -2.62. The van der Waals surface area contributed by atoms with Crippen LogP contribution in [0.1, 0.15) is 18.4 Å². The van der Waals surface area contributed by atoms with Crippen LogP contribution in [-0.4, -0.2) is 35.5 Å². The number of benzene rings is 1. The number of ether oxygens (including phenoxy) is 2. The largest absolute Gasteiger partial charge is 0.454 e. The highest BCUT2D eigenvalue weighted by atomic mass is 16.7. The highest BCUT2D eigenvalue weighted by Gasteiger charge is 2.51. The molecule has 18 heavy (non-hydrogen) atoms. The Balaban J connectivity index is 1.41. The minimum Gasteiger partial charge on any atom is -0.454 e. The number of β-amino-alcohol motifs (C(OH)–C–C–N with tert-alkyl or cyclic N) is 1. The minimum atomic E-state index is -0.393. The van der Waals surface area contributed by atoms with Crippen molar-refractivity contribution in [3.05, 3.63) is 23.8 Å². The van der Waals surface area contributed by atoms with E-state index in [0.717, 1.165) is 31.1 Å². The Morgan fingerprint density at radius 1 is 1.22 bits per heavy atom. The first kappa shape index (κ1) is 10.6.